The van der Waals surface area contributed by atoms with Gasteiger partial charge in [0.05, 0.1) is 10.2 Å². The number of aromatic nitrogens is 2. The van der Waals surface area contributed by atoms with E-state index in [1.54, 1.807) is 0 Å². The molecule has 1 aromatic heterocycles. The highest BCUT2D eigenvalue weighted by molar-refractivity contribution is 9.10. The Morgan fingerprint density at radius 1 is 1.30 bits per heavy atom. The molecule has 4 nitrogen and oxygen atoms in total. The van der Waals surface area contributed by atoms with Crippen LogP contribution in [-0.2, 0) is 0 Å². The average Bonchev–Trinajstić information content (AvgIpc) is 2.81. The van der Waals surface area contributed by atoms with E-state index in [1.165, 1.54) is 0 Å². The summed E-state index contributed by atoms with van der Waals surface area (Å²) in [6.45, 7) is 12.0. The highest BCUT2D eigenvalue weighted by Crippen LogP contribution is 2.26. The van der Waals surface area contributed by atoms with Gasteiger partial charge in [-0.05, 0) is 34.7 Å². The largest absolute Gasteiger partial charge is 0.337 e. The van der Waals surface area contributed by atoms with Crippen molar-refractivity contribution in [2.24, 2.45) is 5.92 Å². The summed E-state index contributed by atoms with van der Waals surface area (Å²) in [7, 11) is 0. The van der Waals surface area contributed by atoms with Crippen LogP contribution < -0.4 is 0 Å². The van der Waals surface area contributed by atoms with Gasteiger partial charge < -0.3 is 4.90 Å². The average molecular weight is 344 g/mol. The number of nitrogens with zero attached hydrogens (tertiary/aromatic N) is 2. The third-order valence-electron chi connectivity index (χ3n) is 3.81. The lowest BCUT2D eigenvalue weighted by molar-refractivity contribution is 0.0728. The van der Waals surface area contributed by atoms with Gasteiger partial charge in [0.15, 0.2) is 5.69 Å². The SMILES string of the molecule is CCC(CC)CN(CC)C(=O)c1n[nH]c(C(C)C)c1Br. The van der Waals surface area contributed by atoms with E-state index in [0.29, 0.717) is 24.1 Å². The maximum absolute atomic E-state index is 12.6. The van der Waals surface area contributed by atoms with Crippen LogP contribution in [0.5, 0.6) is 0 Å². The van der Waals surface area contributed by atoms with Crippen molar-refractivity contribution in [2.45, 2.75) is 53.4 Å². The fraction of sp³-hybridized carbons (Fsp3) is 0.733. The molecule has 1 aromatic rings. The lowest BCUT2D eigenvalue weighted by Gasteiger charge is -2.24. The number of rotatable bonds is 7. The number of H-pyrrole nitrogens is 1. The van der Waals surface area contributed by atoms with Gasteiger partial charge in [-0.3, -0.25) is 9.89 Å². The van der Waals surface area contributed by atoms with Crippen LogP contribution in [0, 0.1) is 5.92 Å². The molecule has 5 heteroatoms. The third kappa shape index (κ3) is 3.84. The number of carbonyl (C=O) groups excluding carboxylic acids is 1. The quantitative estimate of drug-likeness (QED) is 0.806. The first-order chi connectivity index (χ1) is 9.46. The van der Waals surface area contributed by atoms with Crippen molar-refractivity contribution in [2.75, 3.05) is 13.1 Å². The number of carbonyl (C=O) groups is 1. The number of hydrogen-bond acceptors (Lipinski definition) is 2. The molecule has 1 rings (SSSR count). The fourth-order valence-corrected chi connectivity index (χ4v) is 3.03. The second-order valence-electron chi connectivity index (χ2n) is 5.48. The van der Waals surface area contributed by atoms with Gasteiger partial charge in [-0.25, -0.2) is 0 Å². The highest BCUT2D eigenvalue weighted by atomic mass is 79.9. The molecule has 0 aliphatic carbocycles. The Morgan fingerprint density at radius 2 is 1.90 bits per heavy atom. The number of aromatic amines is 1. The van der Waals surface area contributed by atoms with Gasteiger partial charge >= 0.3 is 0 Å². The Hall–Kier alpha value is -0.840. The molecule has 1 N–H and O–H groups in total. The summed E-state index contributed by atoms with van der Waals surface area (Å²) in [5, 5.41) is 7.17. The molecule has 0 unspecified atom stereocenters. The van der Waals surface area contributed by atoms with Gasteiger partial charge in [0.1, 0.15) is 0 Å². The lowest BCUT2D eigenvalue weighted by atomic mass is 10.0. The molecule has 0 spiro atoms. The normalized spacial score (nSPS) is 11.4. The Balaban J connectivity index is 2.91. The standard InChI is InChI=1S/C15H26BrN3O/c1-6-11(7-2)9-19(8-3)15(20)14-12(16)13(10(4)5)17-18-14/h10-11H,6-9H2,1-5H3,(H,17,18). The second kappa shape index (κ2) is 7.81. The van der Waals surface area contributed by atoms with Crippen molar-refractivity contribution in [1.29, 1.82) is 0 Å². The predicted octanol–water partition coefficient (Wildman–Crippen LogP) is 4.19. The highest BCUT2D eigenvalue weighted by Gasteiger charge is 2.24. The number of halogens is 1. The van der Waals surface area contributed by atoms with Gasteiger partial charge in [0.25, 0.3) is 5.91 Å². The monoisotopic (exact) mass is 343 g/mol. The molecular formula is C15H26BrN3O. The van der Waals surface area contributed by atoms with Gasteiger partial charge in [-0.2, -0.15) is 5.10 Å². The zero-order valence-electron chi connectivity index (χ0n) is 13.2. The van der Waals surface area contributed by atoms with Gasteiger partial charge in [-0.1, -0.05) is 40.5 Å². The topological polar surface area (TPSA) is 49.0 Å². The zero-order chi connectivity index (χ0) is 15.3. The van der Waals surface area contributed by atoms with Crippen LogP contribution in [0.2, 0.25) is 0 Å². The summed E-state index contributed by atoms with van der Waals surface area (Å²) >= 11 is 3.51. The van der Waals surface area contributed by atoms with Crippen LogP contribution in [0.1, 0.15) is 69.6 Å². The van der Waals surface area contributed by atoms with E-state index in [4.69, 9.17) is 0 Å². The van der Waals surface area contributed by atoms with Crippen LogP contribution in [0.15, 0.2) is 4.47 Å². The second-order valence-corrected chi connectivity index (χ2v) is 6.27. The molecule has 114 valence electrons. The summed E-state index contributed by atoms with van der Waals surface area (Å²) < 4.78 is 0.806. The van der Waals surface area contributed by atoms with Crippen LogP contribution in [0.25, 0.3) is 0 Å². The van der Waals surface area contributed by atoms with Crippen LogP contribution in [-0.4, -0.2) is 34.1 Å². The molecule has 1 amide bonds. The smallest absolute Gasteiger partial charge is 0.275 e. The van der Waals surface area contributed by atoms with Crippen LogP contribution >= 0.6 is 15.9 Å². The van der Waals surface area contributed by atoms with E-state index >= 15 is 0 Å². The van der Waals surface area contributed by atoms with E-state index in [2.05, 4.69) is 53.8 Å². The van der Waals surface area contributed by atoms with E-state index in [9.17, 15) is 4.79 Å². The first-order valence-electron chi connectivity index (χ1n) is 7.49. The maximum Gasteiger partial charge on any atom is 0.275 e. The minimum Gasteiger partial charge on any atom is -0.337 e. The summed E-state index contributed by atoms with van der Waals surface area (Å²) in [5.41, 5.74) is 1.48. The summed E-state index contributed by atoms with van der Waals surface area (Å²) in [5.74, 6) is 0.878. The van der Waals surface area contributed by atoms with Crippen molar-refractivity contribution in [1.82, 2.24) is 15.1 Å². The van der Waals surface area contributed by atoms with Crippen LogP contribution in [0.4, 0.5) is 0 Å². The van der Waals surface area contributed by atoms with Crippen molar-refractivity contribution in [3.8, 4) is 0 Å². The molecule has 0 aliphatic heterocycles. The van der Waals surface area contributed by atoms with Gasteiger partial charge in [-0.15, -0.1) is 0 Å². The zero-order valence-corrected chi connectivity index (χ0v) is 14.7. The molecule has 0 atom stereocenters. The van der Waals surface area contributed by atoms with E-state index < -0.39 is 0 Å². The minimum atomic E-state index is 0.00873. The third-order valence-corrected chi connectivity index (χ3v) is 4.62. The molecule has 0 aliphatic rings. The first-order valence-corrected chi connectivity index (χ1v) is 8.28. The van der Waals surface area contributed by atoms with Crippen molar-refractivity contribution < 1.29 is 4.79 Å². The van der Waals surface area contributed by atoms with E-state index in [-0.39, 0.29) is 5.91 Å². The van der Waals surface area contributed by atoms with Crippen molar-refractivity contribution >= 4 is 21.8 Å². The summed E-state index contributed by atoms with van der Waals surface area (Å²) in [6, 6.07) is 0. The Labute approximate surface area is 130 Å². The molecule has 0 fully saturated rings. The number of nitrogens with one attached hydrogen (secondary N) is 1. The summed E-state index contributed by atoms with van der Waals surface area (Å²) in [4.78, 5) is 14.5. The minimum absolute atomic E-state index is 0.00873. The molecule has 20 heavy (non-hydrogen) atoms. The van der Waals surface area contributed by atoms with E-state index in [0.717, 1.165) is 29.6 Å². The molecule has 1 heterocycles. The Bertz CT molecular complexity index is 438. The van der Waals surface area contributed by atoms with Crippen molar-refractivity contribution in [3.05, 3.63) is 15.9 Å². The van der Waals surface area contributed by atoms with Crippen LogP contribution in [0.3, 0.4) is 0 Å². The first kappa shape index (κ1) is 17.2. The number of amides is 1. The molecule has 0 bridgehead atoms. The maximum atomic E-state index is 12.6. The lowest BCUT2D eigenvalue weighted by Crippen LogP contribution is -2.35. The molecular weight excluding hydrogens is 318 g/mol. The van der Waals surface area contributed by atoms with E-state index in [1.807, 2.05) is 11.8 Å². The van der Waals surface area contributed by atoms with Gasteiger partial charge in [0.2, 0.25) is 0 Å². The Kier molecular flexibility index (Phi) is 6.72. The van der Waals surface area contributed by atoms with Gasteiger partial charge in [0, 0.05) is 13.1 Å². The Morgan fingerprint density at radius 3 is 2.30 bits per heavy atom. The fourth-order valence-electron chi connectivity index (χ4n) is 2.23. The molecule has 0 saturated carbocycles. The number of hydrogen-bond donors (Lipinski definition) is 1. The summed E-state index contributed by atoms with van der Waals surface area (Å²) in [6.07, 6.45) is 2.19. The van der Waals surface area contributed by atoms with Crippen molar-refractivity contribution in [3.63, 3.8) is 0 Å². The molecule has 0 aromatic carbocycles. The predicted molar refractivity (Wildman–Crippen MR) is 86.0 cm³/mol. The molecule has 0 saturated heterocycles. The molecule has 0 radical (unpaired) electrons.